The molecule has 0 aliphatic rings. The minimum Gasteiger partial charge on any atom is -0.300 e. The first-order chi connectivity index (χ1) is 11.8. The number of hydrazine groups is 1. The number of hydrogen-bond acceptors (Lipinski definition) is 3. The van der Waals surface area contributed by atoms with Crippen molar-refractivity contribution in [2.24, 2.45) is 10.9 Å². The van der Waals surface area contributed by atoms with E-state index in [9.17, 15) is 9.18 Å². The van der Waals surface area contributed by atoms with E-state index in [1.54, 1.807) is 19.1 Å². The van der Waals surface area contributed by atoms with Crippen molar-refractivity contribution in [3.8, 4) is 0 Å². The molecule has 0 fully saturated rings. The third-order valence-electron chi connectivity index (χ3n) is 3.57. The number of nitrogens with one attached hydrogen (secondary N) is 2. The fraction of sp³-hybridized carbons (Fsp3) is 0.300. The summed E-state index contributed by atoms with van der Waals surface area (Å²) >= 11 is 0. The molecule has 25 heavy (non-hydrogen) atoms. The number of amidine groups is 1. The molecule has 2 aromatic carbocycles. The van der Waals surface area contributed by atoms with Gasteiger partial charge < -0.3 is 0 Å². The van der Waals surface area contributed by atoms with Crippen LogP contribution >= 0.6 is 0 Å². The average Bonchev–Trinajstić information content (AvgIpc) is 2.54. The highest BCUT2D eigenvalue weighted by atomic mass is 19.1. The van der Waals surface area contributed by atoms with Gasteiger partial charge in [0.1, 0.15) is 11.5 Å². The maximum absolute atomic E-state index is 14.1. The van der Waals surface area contributed by atoms with Crippen LogP contribution in [0.5, 0.6) is 0 Å². The van der Waals surface area contributed by atoms with Gasteiger partial charge in [-0.3, -0.25) is 15.6 Å². The second-order valence-corrected chi connectivity index (χ2v) is 6.55. The molecule has 2 N–H and O–H groups in total. The highest BCUT2D eigenvalue weighted by Crippen LogP contribution is 2.19. The largest absolute Gasteiger partial charge is 0.300 e. The van der Waals surface area contributed by atoms with E-state index >= 15 is 0 Å². The first-order valence-corrected chi connectivity index (χ1v) is 8.32. The zero-order valence-corrected chi connectivity index (χ0v) is 15.1. The molecule has 2 aromatic rings. The smallest absolute Gasteiger partial charge is 0.199 e. The molecule has 2 rings (SSSR count). The Morgan fingerprint density at radius 2 is 1.72 bits per heavy atom. The third-order valence-corrected chi connectivity index (χ3v) is 3.57. The normalized spacial score (nSPS) is 11.5. The fourth-order valence-electron chi connectivity index (χ4n) is 2.22. The quantitative estimate of drug-likeness (QED) is 0.455. The minimum atomic E-state index is -0.452. The molecular weight excluding hydrogens is 317 g/mol. The molecule has 0 heterocycles. The van der Waals surface area contributed by atoms with E-state index in [-0.39, 0.29) is 23.2 Å². The Labute approximate surface area is 148 Å². The highest BCUT2D eigenvalue weighted by Gasteiger charge is 2.14. The summed E-state index contributed by atoms with van der Waals surface area (Å²) in [5.41, 5.74) is 8.65. The van der Waals surface area contributed by atoms with E-state index in [4.69, 9.17) is 0 Å². The second kappa shape index (κ2) is 8.42. The van der Waals surface area contributed by atoms with Crippen molar-refractivity contribution in [2.75, 3.05) is 5.43 Å². The van der Waals surface area contributed by atoms with Gasteiger partial charge in [-0.15, -0.1) is 0 Å². The molecule has 0 amide bonds. The van der Waals surface area contributed by atoms with Gasteiger partial charge in [0.25, 0.3) is 0 Å². The average molecular weight is 341 g/mol. The van der Waals surface area contributed by atoms with Crippen molar-refractivity contribution in [2.45, 2.75) is 34.1 Å². The van der Waals surface area contributed by atoms with Gasteiger partial charge in [0, 0.05) is 6.42 Å². The Morgan fingerprint density at radius 3 is 2.32 bits per heavy atom. The van der Waals surface area contributed by atoms with Gasteiger partial charge in [-0.2, -0.15) is 0 Å². The number of ketones is 1. The van der Waals surface area contributed by atoms with Crippen LogP contribution in [0.2, 0.25) is 0 Å². The van der Waals surface area contributed by atoms with E-state index in [2.05, 4.69) is 15.8 Å². The molecule has 0 spiro atoms. The summed E-state index contributed by atoms with van der Waals surface area (Å²) < 4.78 is 14.1. The predicted octanol–water partition coefficient (Wildman–Crippen LogP) is 4.70. The second-order valence-electron chi connectivity index (χ2n) is 6.55. The molecular formula is C20H24FN3O. The molecule has 132 valence electrons. The van der Waals surface area contributed by atoms with Crippen molar-refractivity contribution in [1.82, 2.24) is 5.43 Å². The lowest BCUT2D eigenvalue weighted by molar-refractivity contribution is -0.113. The number of hydrogen-bond donors (Lipinski definition) is 2. The summed E-state index contributed by atoms with van der Waals surface area (Å²) in [6.07, 6.45) is 0.328. The van der Waals surface area contributed by atoms with Gasteiger partial charge in [-0.1, -0.05) is 37.6 Å². The van der Waals surface area contributed by atoms with Gasteiger partial charge >= 0.3 is 0 Å². The van der Waals surface area contributed by atoms with Gasteiger partial charge in [0.15, 0.2) is 11.6 Å². The Balaban J connectivity index is 2.24. The number of nitrogens with zero attached hydrogens (tertiary/aromatic N) is 1. The van der Waals surface area contributed by atoms with Crippen LogP contribution in [0.4, 0.5) is 15.8 Å². The molecule has 4 nitrogen and oxygen atoms in total. The molecule has 0 saturated heterocycles. The van der Waals surface area contributed by atoms with Crippen LogP contribution < -0.4 is 10.9 Å². The predicted molar refractivity (Wildman–Crippen MR) is 101 cm³/mol. The van der Waals surface area contributed by atoms with E-state index < -0.39 is 5.82 Å². The number of carbonyl (C=O) groups is 1. The van der Waals surface area contributed by atoms with Gasteiger partial charge in [0.2, 0.25) is 0 Å². The van der Waals surface area contributed by atoms with E-state index in [0.29, 0.717) is 6.42 Å². The molecule has 0 bridgehead atoms. The molecule has 0 atom stereocenters. The first kappa shape index (κ1) is 18.6. The summed E-state index contributed by atoms with van der Waals surface area (Å²) in [6, 6.07) is 12.4. The van der Waals surface area contributed by atoms with Crippen LogP contribution in [-0.2, 0) is 4.79 Å². The summed E-state index contributed by atoms with van der Waals surface area (Å²) in [4.78, 5) is 16.7. The van der Waals surface area contributed by atoms with Crippen molar-refractivity contribution < 1.29 is 9.18 Å². The molecule has 5 heteroatoms. The molecule has 0 radical (unpaired) electrons. The van der Waals surface area contributed by atoms with Crippen LogP contribution in [0, 0.1) is 25.6 Å². The summed E-state index contributed by atoms with van der Waals surface area (Å²) in [5, 5.41) is 0. The monoisotopic (exact) mass is 341 g/mol. The summed E-state index contributed by atoms with van der Waals surface area (Å²) in [6.45, 7) is 7.71. The molecule has 0 aliphatic carbocycles. The zero-order valence-electron chi connectivity index (χ0n) is 15.1. The lowest BCUT2D eigenvalue weighted by atomic mass is 10.1. The highest BCUT2D eigenvalue weighted by molar-refractivity contribution is 6.39. The molecule has 0 aliphatic heterocycles. The Bertz CT molecular complexity index is 767. The number of Topliss-reactive ketones (excluding diaryl/α,β-unsaturated/α-hetero) is 1. The first-order valence-electron chi connectivity index (χ1n) is 8.32. The fourth-order valence-corrected chi connectivity index (χ4v) is 2.22. The Kier molecular flexibility index (Phi) is 6.28. The van der Waals surface area contributed by atoms with Crippen LogP contribution in [0.1, 0.15) is 31.4 Å². The number of carbonyl (C=O) groups excluding carboxylic acids is 1. The lowest BCUT2D eigenvalue weighted by Gasteiger charge is -2.13. The van der Waals surface area contributed by atoms with Crippen molar-refractivity contribution in [1.29, 1.82) is 0 Å². The maximum atomic E-state index is 14.1. The van der Waals surface area contributed by atoms with Gasteiger partial charge in [-0.25, -0.2) is 9.38 Å². The van der Waals surface area contributed by atoms with Crippen LogP contribution in [0.25, 0.3) is 0 Å². The van der Waals surface area contributed by atoms with Crippen molar-refractivity contribution in [3.05, 3.63) is 59.4 Å². The number of aliphatic imine (C=N–C) groups is 1. The van der Waals surface area contributed by atoms with Crippen molar-refractivity contribution >= 4 is 23.0 Å². The standard InChI is InChI=1S/C20H24FN3O/c1-13(2)11-19(25)20(22-18-10-7-15(4)12-17(18)21)24-23-16-8-5-14(3)6-9-16/h5-10,12-13,23H,11H2,1-4H3,(H,22,24). The lowest BCUT2D eigenvalue weighted by Crippen LogP contribution is -2.36. The SMILES string of the molecule is Cc1ccc(NN/C(=N/c2ccc(C)cc2F)C(=O)CC(C)C)cc1. The maximum Gasteiger partial charge on any atom is 0.199 e. The van der Waals surface area contributed by atoms with E-state index in [1.807, 2.05) is 45.0 Å². The van der Waals surface area contributed by atoms with Gasteiger partial charge in [-0.05, 0) is 49.6 Å². The number of rotatable bonds is 6. The number of halogens is 1. The number of anilines is 1. The van der Waals surface area contributed by atoms with Crippen LogP contribution in [0.15, 0.2) is 47.5 Å². The number of aryl methyl sites for hydroxylation is 2. The molecule has 0 saturated carbocycles. The molecule has 0 unspecified atom stereocenters. The number of benzene rings is 2. The van der Waals surface area contributed by atoms with Gasteiger partial charge in [0.05, 0.1) is 5.69 Å². The molecule has 0 aromatic heterocycles. The minimum absolute atomic E-state index is 0.0945. The van der Waals surface area contributed by atoms with E-state index in [0.717, 1.165) is 16.8 Å². The van der Waals surface area contributed by atoms with E-state index in [1.165, 1.54) is 6.07 Å². The van der Waals surface area contributed by atoms with Crippen molar-refractivity contribution in [3.63, 3.8) is 0 Å². The summed E-state index contributed by atoms with van der Waals surface area (Å²) in [7, 11) is 0. The van der Waals surface area contributed by atoms with Crippen LogP contribution in [0.3, 0.4) is 0 Å². The summed E-state index contributed by atoms with van der Waals surface area (Å²) in [5.74, 6) is -0.347. The topological polar surface area (TPSA) is 53.5 Å². The van der Waals surface area contributed by atoms with Crippen LogP contribution in [-0.4, -0.2) is 11.6 Å². The zero-order chi connectivity index (χ0) is 18.4. The Hall–Kier alpha value is -2.69. The third kappa shape index (κ3) is 5.71. The Morgan fingerprint density at radius 1 is 1.08 bits per heavy atom.